The number of thiocarbonyl (C=S) groups is 1. The van der Waals surface area contributed by atoms with Crippen LogP contribution in [0.1, 0.15) is 0 Å². The van der Waals surface area contributed by atoms with Crippen molar-refractivity contribution < 1.29 is 19.1 Å². The van der Waals surface area contributed by atoms with Gasteiger partial charge in [0.15, 0.2) is 17.3 Å². The molecule has 0 saturated carbocycles. The lowest BCUT2D eigenvalue weighted by Gasteiger charge is -2.10. The van der Waals surface area contributed by atoms with Gasteiger partial charge >= 0.3 is 0 Å². The second-order valence-electron chi connectivity index (χ2n) is 6.61. The molecule has 0 radical (unpaired) electrons. The SMILES string of the molecule is O=C(COc1ccc(Cl)cc1)NC(=S)Nc1ccc2oc(-c3ccc(O)c(Br)c3)nc2c1. The molecule has 1 heterocycles. The number of benzene rings is 3. The van der Waals surface area contributed by atoms with E-state index in [0.717, 1.165) is 0 Å². The van der Waals surface area contributed by atoms with E-state index in [0.29, 0.717) is 43.5 Å². The highest BCUT2D eigenvalue weighted by Crippen LogP contribution is 2.31. The fourth-order valence-corrected chi connectivity index (χ4v) is 3.51. The second kappa shape index (κ2) is 9.56. The van der Waals surface area contributed by atoms with E-state index in [-0.39, 0.29) is 17.5 Å². The molecule has 1 aromatic heterocycles. The number of halogens is 2. The first-order chi connectivity index (χ1) is 15.4. The number of hydrogen-bond acceptors (Lipinski definition) is 6. The van der Waals surface area contributed by atoms with Crippen LogP contribution in [-0.4, -0.2) is 27.7 Å². The Morgan fingerprint density at radius 1 is 1.16 bits per heavy atom. The molecule has 7 nitrogen and oxygen atoms in total. The summed E-state index contributed by atoms with van der Waals surface area (Å²) in [5.74, 6) is 0.662. The van der Waals surface area contributed by atoms with Gasteiger partial charge in [0, 0.05) is 16.3 Å². The minimum atomic E-state index is -0.403. The monoisotopic (exact) mass is 531 g/mol. The normalized spacial score (nSPS) is 10.7. The molecule has 0 fully saturated rings. The van der Waals surface area contributed by atoms with Gasteiger partial charge in [-0.15, -0.1) is 0 Å². The molecule has 1 amide bonds. The van der Waals surface area contributed by atoms with Gasteiger partial charge in [0.05, 0.1) is 4.47 Å². The third-order valence-electron chi connectivity index (χ3n) is 4.28. The number of oxazole rings is 1. The maximum Gasteiger partial charge on any atom is 0.264 e. The number of aromatic hydroxyl groups is 1. The third kappa shape index (κ3) is 5.37. The van der Waals surface area contributed by atoms with Crippen LogP contribution in [-0.2, 0) is 4.79 Å². The molecule has 32 heavy (non-hydrogen) atoms. The van der Waals surface area contributed by atoms with Gasteiger partial charge in [-0.1, -0.05) is 11.6 Å². The summed E-state index contributed by atoms with van der Waals surface area (Å²) in [6.07, 6.45) is 0. The van der Waals surface area contributed by atoms with Crippen molar-refractivity contribution in [3.05, 3.63) is 70.2 Å². The van der Waals surface area contributed by atoms with Crippen molar-refractivity contribution in [1.29, 1.82) is 0 Å². The fraction of sp³-hybridized carbons (Fsp3) is 0.0455. The summed E-state index contributed by atoms with van der Waals surface area (Å²) >= 11 is 14.3. The van der Waals surface area contributed by atoms with Gasteiger partial charge in [-0.2, -0.15) is 0 Å². The average molecular weight is 533 g/mol. The number of nitrogens with zero attached hydrogens (tertiary/aromatic N) is 1. The summed E-state index contributed by atoms with van der Waals surface area (Å²) in [7, 11) is 0. The summed E-state index contributed by atoms with van der Waals surface area (Å²) in [6.45, 7) is -0.197. The number of anilines is 1. The number of carbonyl (C=O) groups excluding carboxylic acids is 1. The molecule has 0 aliphatic heterocycles. The summed E-state index contributed by atoms with van der Waals surface area (Å²) in [6, 6.07) is 16.9. The first-order valence-corrected chi connectivity index (χ1v) is 10.8. The Kier molecular flexibility index (Phi) is 6.59. The molecule has 0 spiro atoms. The quantitative estimate of drug-likeness (QED) is 0.292. The van der Waals surface area contributed by atoms with Crippen molar-refractivity contribution >= 4 is 67.6 Å². The Bertz CT molecular complexity index is 1310. The van der Waals surface area contributed by atoms with Gasteiger partial charge in [-0.05, 0) is 88.8 Å². The number of amides is 1. The van der Waals surface area contributed by atoms with E-state index in [1.54, 1.807) is 60.7 Å². The van der Waals surface area contributed by atoms with Crippen LogP contribution in [0, 0.1) is 0 Å². The standard InChI is InChI=1S/C22H15BrClN3O4S/c23-16-9-12(1-7-18(16)28)21-26-17-10-14(4-8-19(17)31-21)25-22(32)27-20(29)11-30-15-5-2-13(24)3-6-15/h1-10,28H,11H2,(H2,25,27,29,32). The van der Waals surface area contributed by atoms with Crippen molar-refractivity contribution in [2.75, 3.05) is 11.9 Å². The average Bonchev–Trinajstić information content (AvgIpc) is 3.18. The lowest BCUT2D eigenvalue weighted by atomic mass is 10.2. The Morgan fingerprint density at radius 2 is 1.94 bits per heavy atom. The van der Waals surface area contributed by atoms with Crippen LogP contribution in [0.2, 0.25) is 5.02 Å². The topological polar surface area (TPSA) is 96.6 Å². The predicted molar refractivity (Wildman–Crippen MR) is 130 cm³/mol. The molecule has 0 aliphatic carbocycles. The Hall–Kier alpha value is -3.14. The number of phenols is 1. The van der Waals surface area contributed by atoms with Crippen molar-refractivity contribution in [1.82, 2.24) is 10.3 Å². The zero-order valence-electron chi connectivity index (χ0n) is 16.3. The number of aromatic nitrogens is 1. The van der Waals surface area contributed by atoms with E-state index in [1.165, 1.54) is 0 Å². The molecular weight excluding hydrogens is 518 g/mol. The summed E-state index contributed by atoms with van der Waals surface area (Å²) in [5, 5.41) is 15.9. The molecular formula is C22H15BrClN3O4S. The van der Waals surface area contributed by atoms with Crippen LogP contribution >= 0.6 is 39.7 Å². The lowest BCUT2D eigenvalue weighted by Crippen LogP contribution is -2.37. The van der Waals surface area contributed by atoms with Crippen molar-refractivity contribution in [3.63, 3.8) is 0 Å². The van der Waals surface area contributed by atoms with Crippen molar-refractivity contribution in [2.24, 2.45) is 0 Å². The molecule has 0 aliphatic rings. The van der Waals surface area contributed by atoms with Crippen molar-refractivity contribution in [2.45, 2.75) is 0 Å². The predicted octanol–water partition coefficient (Wildman–Crippen LogP) is 5.51. The van der Waals surface area contributed by atoms with E-state index in [1.807, 2.05) is 0 Å². The van der Waals surface area contributed by atoms with Gasteiger partial charge in [-0.25, -0.2) is 4.98 Å². The highest BCUT2D eigenvalue weighted by molar-refractivity contribution is 9.10. The number of ether oxygens (including phenoxy) is 1. The summed E-state index contributed by atoms with van der Waals surface area (Å²) in [4.78, 5) is 16.6. The Balaban J connectivity index is 1.37. The first kappa shape index (κ1) is 22.1. The van der Waals surface area contributed by atoms with E-state index in [4.69, 9.17) is 33.0 Å². The van der Waals surface area contributed by atoms with Gasteiger partial charge in [0.1, 0.15) is 17.0 Å². The Morgan fingerprint density at radius 3 is 2.69 bits per heavy atom. The molecule has 0 bridgehead atoms. The van der Waals surface area contributed by atoms with Crippen LogP contribution in [0.3, 0.4) is 0 Å². The number of hydrogen-bond donors (Lipinski definition) is 3. The fourth-order valence-electron chi connectivity index (χ4n) is 2.77. The van der Waals surface area contributed by atoms with Crippen molar-refractivity contribution in [3.8, 4) is 23.0 Å². The van der Waals surface area contributed by atoms with Gasteiger partial charge in [0.25, 0.3) is 5.91 Å². The molecule has 10 heteroatoms. The van der Waals surface area contributed by atoms with Gasteiger partial charge in [-0.3, -0.25) is 10.1 Å². The molecule has 162 valence electrons. The molecule has 4 aromatic rings. The van der Waals surface area contributed by atoms with E-state index in [2.05, 4.69) is 31.5 Å². The van der Waals surface area contributed by atoms with Crippen LogP contribution < -0.4 is 15.4 Å². The van der Waals surface area contributed by atoms with Crippen LogP contribution in [0.15, 0.2) is 69.6 Å². The zero-order valence-corrected chi connectivity index (χ0v) is 19.4. The Labute approximate surface area is 201 Å². The summed E-state index contributed by atoms with van der Waals surface area (Å²) < 4.78 is 11.7. The molecule has 3 N–H and O–H groups in total. The number of rotatable bonds is 5. The summed E-state index contributed by atoms with van der Waals surface area (Å²) in [5.41, 5.74) is 2.53. The largest absolute Gasteiger partial charge is 0.507 e. The highest BCUT2D eigenvalue weighted by atomic mass is 79.9. The number of fused-ring (bicyclic) bond motifs is 1. The molecule has 3 aromatic carbocycles. The van der Waals surface area contributed by atoms with E-state index in [9.17, 15) is 9.90 Å². The molecule has 4 rings (SSSR count). The van der Waals surface area contributed by atoms with Crippen LogP contribution in [0.4, 0.5) is 5.69 Å². The zero-order chi connectivity index (χ0) is 22.7. The van der Waals surface area contributed by atoms with Gasteiger partial charge in [0.2, 0.25) is 5.89 Å². The maximum atomic E-state index is 12.1. The van der Waals surface area contributed by atoms with Gasteiger partial charge < -0.3 is 19.6 Å². The molecule has 0 atom stereocenters. The smallest absolute Gasteiger partial charge is 0.264 e. The first-order valence-electron chi connectivity index (χ1n) is 9.26. The van der Waals surface area contributed by atoms with E-state index >= 15 is 0 Å². The maximum absolute atomic E-state index is 12.1. The number of nitrogens with one attached hydrogen (secondary N) is 2. The van der Waals surface area contributed by atoms with Crippen LogP contribution in [0.25, 0.3) is 22.6 Å². The van der Waals surface area contributed by atoms with E-state index < -0.39 is 5.91 Å². The number of carbonyl (C=O) groups is 1. The van der Waals surface area contributed by atoms with Crippen LogP contribution in [0.5, 0.6) is 11.5 Å². The molecule has 0 unspecified atom stereocenters. The molecule has 0 saturated heterocycles. The minimum Gasteiger partial charge on any atom is -0.507 e. The number of phenolic OH excluding ortho intramolecular Hbond substituents is 1. The second-order valence-corrected chi connectivity index (χ2v) is 8.31. The minimum absolute atomic E-state index is 0.125. The lowest BCUT2D eigenvalue weighted by molar-refractivity contribution is -0.121. The third-order valence-corrected chi connectivity index (χ3v) is 5.37. The highest BCUT2D eigenvalue weighted by Gasteiger charge is 2.12.